The van der Waals surface area contributed by atoms with Crippen LogP contribution < -0.4 is 4.74 Å². The maximum Gasteiger partial charge on any atom is 0.201 e. The SMILES string of the molecule is CC=CC1COC(c2ccc(-c3ccc(-c4ccc(OCCCCCCC)c(F)c4F)cc3)c(F)c2)OC1. The fraction of sp³-hybridized carbons (Fsp3) is 0.375. The van der Waals surface area contributed by atoms with E-state index < -0.39 is 23.7 Å². The third-order valence-corrected chi connectivity index (χ3v) is 6.71. The fourth-order valence-electron chi connectivity index (χ4n) is 4.59. The van der Waals surface area contributed by atoms with E-state index in [9.17, 15) is 8.78 Å². The second-order valence-corrected chi connectivity index (χ2v) is 9.60. The molecule has 0 spiro atoms. The van der Waals surface area contributed by atoms with E-state index in [0.29, 0.717) is 42.1 Å². The van der Waals surface area contributed by atoms with Crippen LogP contribution in [0.3, 0.4) is 0 Å². The lowest BCUT2D eigenvalue weighted by Gasteiger charge is -2.28. The van der Waals surface area contributed by atoms with Gasteiger partial charge in [-0.05, 0) is 42.7 Å². The zero-order chi connectivity index (χ0) is 26.9. The highest BCUT2D eigenvalue weighted by molar-refractivity contribution is 5.71. The summed E-state index contributed by atoms with van der Waals surface area (Å²) >= 11 is 0. The smallest absolute Gasteiger partial charge is 0.201 e. The maximum atomic E-state index is 15.0. The monoisotopic (exact) mass is 524 g/mol. The van der Waals surface area contributed by atoms with Gasteiger partial charge in [-0.15, -0.1) is 0 Å². The van der Waals surface area contributed by atoms with Crippen LogP contribution in [0.1, 0.15) is 57.8 Å². The van der Waals surface area contributed by atoms with Gasteiger partial charge in [-0.1, -0.05) is 81.2 Å². The molecule has 0 aromatic heterocycles. The van der Waals surface area contributed by atoms with Crippen LogP contribution in [0.15, 0.2) is 66.7 Å². The predicted octanol–water partition coefficient (Wildman–Crippen LogP) is 9.02. The first-order valence-electron chi connectivity index (χ1n) is 13.4. The first kappa shape index (κ1) is 27.9. The highest BCUT2D eigenvalue weighted by Crippen LogP contribution is 2.33. The molecule has 3 aromatic rings. The van der Waals surface area contributed by atoms with E-state index in [1.165, 1.54) is 18.2 Å². The zero-order valence-corrected chi connectivity index (χ0v) is 22.0. The fourth-order valence-corrected chi connectivity index (χ4v) is 4.59. The minimum Gasteiger partial charge on any atom is -0.490 e. The lowest BCUT2D eigenvalue weighted by atomic mass is 9.98. The third-order valence-electron chi connectivity index (χ3n) is 6.71. The van der Waals surface area contributed by atoms with E-state index in [4.69, 9.17) is 14.2 Å². The Balaban J connectivity index is 1.41. The Labute approximate surface area is 223 Å². The van der Waals surface area contributed by atoms with Gasteiger partial charge in [0.05, 0.1) is 19.8 Å². The van der Waals surface area contributed by atoms with Gasteiger partial charge in [0, 0.05) is 22.6 Å². The molecular weight excluding hydrogens is 489 g/mol. The topological polar surface area (TPSA) is 27.7 Å². The minimum atomic E-state index is -0.994. The van der Waals surface area contributed by atoms with E-state index >= 15 is 4.39 Å². The van der Waals surface area contributed by atoms with Gasteiger partial charge >= 0.3 is 0 Å². The van der Waals surface area contributed by atoms with Gasteiger partial charge in [-0.3, -0.25) is 0 Å². The number of benzene rings is 3. The molecule has 0 atom stereocenters. The van der Waals surface area contributed by atoms with Crippen LogP contribution in [0.4, 0.5) is 13.2 Å². The van der Waals surface area contributed by atoms with Crippen LogP contribution in [0, 0.1) is 23.4 Å². The summed E-state index contributed by atoms with van der Waals surface area (Å²) in [6.45, 7) is 5.48. The molecule has 1 heterocycles. The van der Waals surface area contributed by atoms with Gasteiger partial charge in [-0.25, -0.2) is 8.78 Å². The predicted molar refractivity (Wildman–Crippen MR) is 144 cm³/mol. The molecule has 3 nitrogen and oxygen atoms in total. The second-order valence-electron chi connectivity index (χ2n) is 9.60. The number of halogens is 3. The Hall–Kier alpha value is -3.09. The number of allylic oxidation sites excluding steroid dienone is 1. The number of unbranched alkanes of at least 4 members (excludes halogenated alkanes) is 4. The van der Waals surface area contributed by atoms with Gasteiger partial charge in [-0.2, -0.15) is 4.39 Å². The molecule has 6 heteroatoms. The van der Waals surface area contributed by atoms with Gasteiger partial charge in [0.15, 0.2) is 17.9 Å². The molecule has 0 radical (unpaired) electrons. The van der Waals surface area contributed by atoms with E-state index in [1.807, 2.05) is 19.1 Å². The maximum absolute atomic E-state index is 15.0. The molecule has 1 aliphatic rings. The molecule has 4 rings (SSSR count). The lowest BCUT2D eigenvalue weighted by molar-refractivity contribution is -0.197. The van der Waals surface area contributed by atoms with Crippen molar-refractivity contribution in [1.29, 1.82) is 0 Å². The molecule has 0 unspecified atom stereocenters. The standard InChI is InChI=1S/C32H35F3O3/c1-3-5-6-7-8-18-36-29-17-16-27(30(34)31(29)35)24-12-10-23(11-13-24)26-15-14-25(19-28(26)33)32-37-20-22(9-4-2)21-38-32/h4,9-17,19,22,32H,3,5-8,18,20-21H2,1-2H3. The summed E-state index contributed by atoms with van der Waals surface area (Å²) in [7, 11) is 0. The van der Waals surface area contributed by atoms with Crippen molar-refractivity contribution < 1.29 is 27.4 Å². The molecule has 1 fully saturated rings. The number of hydrogen-bond donors (Lipinski definition) is 0. The van der Waals surface area contributed by atoms with Crippen LogP contribution in [0.5, 0.6) is 5.75 Å². The summed E-state index contributed by atoms with van der Waals surface area (Å²) in [5.41, 5.74) is 2.26. The summed E-state index contributed by atoms with van der Waals surface area (Å²) in [5, 5.41) is 0. The third kappa shape index (κ3) is 6.86. The Morgan fingerprint density at radius 3 is 2.13 bits per heavy atom. The van der Waals surface area contributed by atoms with E-state index in [2.05, 4.69) is 6.92 Å². The first-order chi connectivity index (χ1) is 18.5. The van der Waals surface area contributed by atoms with Crippen molar-refractivity contribution in [2.45, 2.75) is 52.2 Å². The summed E-state index contributed by atoms with van der Waals surface area (Å²) in [4.78, 5) is 0. The molecular formula is C32H35F3O3. The molecule has 1 saturated heterocycles. The summed E-state index contributed by atoms with van der Waals surface area (Å²) in [5.74, 6) is -2.25. The Morgan fingerprint density at radius 2 is 1.47 bits per heavy atom. The van der Waals surface area contributed by atoms with Gasteiger partial charge in [0.2, 0.25) is 5.82 Å². The van der Waals surface area contributed by atoms with Gasteiger partial charge < -0.3 is 14.2 Å². The zero-order valence-electron chi connectivity index (χ0n) is 22.0. The van der Waals surface area contributed by atoms with Crippen molar-refractivity contribution >= 4 is 0 Å². The van der Waals surface area contributed by atoms with Crippen LogP contribution in [0.2, 0.25) is 0 Å². The summed E-state index contributed by atoms with van der Waals surface area (Å²) in [6.07, 6.45) is 8.62. The highest BCUT2D eigenvalue weighted by atomic mass is 19.2. The molecule has 3 aromatic carbocycles. The van der Waals surface area contributed by atoms with Crippen molar-refractivity contribution in [3.8, 4) is 28.0 Å². The van der Waals surface area contributed by atoms with Crippen molar-refractivity contribution in [2.75, 3.05) is 19.8 Å². The first-order valence-corrected chi connectivity index (χ1v) is 13.4. The highest BCUT2D eigenvalue weighted by Gasteiger charge is 2.23. The van der Waals surface area contributed by atoms with E-state index in [1.54, 1.807) is 36.4 Å². The van der Waals surface area contributed by atoms with Crippen LogP contribution in [-0.2, 0) is 9.47 Å². The Kier molecular flexibility index (Phi) is 10.0. The molecule has 202 valence electrons. The molecule has 38 heavy (non-hydrogen) atoms. The molecule has 0 N–H and O–H groups in total. The number of rotatable bonds is 11. The normalized spacial score (nSPS) is 17.7. The summed E-state index contributed by atoms with van der Waals surface area (Å²) < 4.78 is 61.5. The molecule has 0 saturated carbocycles. The Bertz CT molecular complexity index is 1220. The molecule has 0 bridgehead atoms. The second kappa shape index (κ2) is 13.6. The molecule has 1 aliphatic heterocycles. The Morgan fingerprint density at radius 1 is 0.816 bits per heavy atom. The van der Waals surface area contributed by atoms with Crippen molar-refractivity contribution in [1.82, 2.24) is 0 Å². The lowest BCUT2D eigenvalue weighted by Crippen LogP contribution is -2.25. The van der Waals surface area contributed by atoms with Gasteiger partial charge in [0.25, 0.3) is 0 Å². The van der Waals surface area contributed by atoms with Crippen molar-refractivity contribution in [2.24, 2.45) is 5.92 Å². The average Bonchev–Trinajstić information content (AvgIpc) is 2.94. The minimum absolute atomic E-state index is 0.0798. The van der Waals surface area contributed by atoms with Crippen LogP contribution >= 0.6 is 0 Å². The van der Waals surface area contributed by atoms with Crippen LogP contribution in [0.25, 0.3) is 22.3 Å². The van der Waals surface area contributed by atoms with Gasteiger partial charge in [0.1, 0.15) is 5.82 Å². The number of ether oxygens (including phenoxy) is 3. The quantitative estimate of drug-likeness (QED) is 0.185. The van der Waals surface area contributed by atoms with E-state index in [0.717, 1.165) is 32.1 Å². The van der Waals surface area contributed by atoms with Crippen LogP contribution in [-0.4, -0.2) is 19.8 Å². The molecule has 0 amide bonds. The average molecular weight is 525 g/mol. The van der Waals surface area contributed by atoms with Crippen molar-refractivity contribution in [3.05, 3.63) is 89.8 Å². The number of hydrogen-bond acceptors (Lipinski definition) is 3. The van der Waals surface area contributed by atoms with Crippen molar-refractivity contribution in [3.63, 3.8) is 0 Å². The summed E-state index contributed by atoms with van der Waals surface area (Å²) in [6, 6.07) is 14.6. The molecule has 0 aliphatic carbocycles. The largest absolute Gasteiger partial charge is 0.490 e. The van der Waals surface area contributed by atoms with E-state index in [-0.39, 0.29) is 17.2 Å².